The topological polar surface area (TPSA) is 84.4 Å². The van der Waals surface area contributed by atoms with Crippen LogP contribution in [0.1, 0.15) is 55.8 Å². The van der Waals surface area contributed by atoms with Gasteiger partial charge in [-0.2, -0.15) is 0 Å². The number of halogens is 3. The van der Waals surface area contributed by atoms with Gasteiger partial charge in [0.15, 0.2) is 11.2 Å². The smallest absolute Gasteiger partial charge is 0.219 e. The van der Waals surface area contributed by atoms with Crippen molar-refractivity contribution in [3.63, 3.8) is 0 Å². The molecule has 0 aliphatic carbocycles. The van der Waals surface area contributed by atoms with Crippen LogP contribution in [0.5, 0.6) is 0 Å². The van der Waals surface area contributed by atoms with Gasteiger partial charge in [-0.1, -0.05) is 33.5 Å². The summed E-state index contributed by atoms with van der Waals surface area (Å²) in [5, 5.41) is 15.2. The molecule has 1 amide bonds. The molecular weight excluding hydrogens is 523 g/mol. The van der Waals surface area contributed by atoms with E-state index in [-0.39, 0.29) is 18.3 Å². The monoisotopic (exact) mass is 550 g/mol. The zero-order valence-corrected chi connectivity index (χ0v) is 22.3. The van der Waals surface area contributed by atoms with Gasteiger partial charge in [-0.15, -0.1) is 12.4 Å². The molecule has 2 aromatic carbocycles. The Labute approximate surface area is 225 Å². The first-order valence-electron chi connectivity index (χ1n) is 12.1. The summed E-state index contributed by atoms with van der Waals surface area (Å²) >= 11 is 11.9. The molecule has 0 saturated carbocycles. The Morgan fingerprint density at radius 3 is 1.81 bits per heavy atom. The van der Waals surface area contributed by atoms with Gasteiger partial charge in [0, 0.05) is 64.8 Å². The molecule has 0 spiro atoms. The Balaban J connectivity index is 0.000000167. The standard InChI is InChI=1S/C14H15ClN2O2.C12H13ClN2O.ClH/c1-9(18)17-6-4-10(5-7-17)14-12-3-2-11(15)8-13(12)19-16-14;13-9-1-2-10-11(7-9)16-15-12(10)8-3-5-14-6-4-8;/h2-3,8,10H,4-7H2,1H3;1-2,7-8,14H,3-6H2;1H. The first kappa shape index (κ1) is 26.7. The highest BCUT2D eigenvalue weighted by atomic mass is 35.5. The van der Waals surface area contributed by atoms with Crippen LogP contribution in [0, 0.1) is 0 Å². The highest BCUT2D eigenvalue weighted by Crippen LogP contribution is 2.34. The van der Waals surface area contributed by atoms with E-state index in [0.29, 0.717) is 21.9 Å². The van der Waals surface area contributed by atoms with E-state index in [2.05, 4.69) is 15.6 Å². The lowest BCUT2D eigenvalue weighted by Crippen LogP contribution is -2.36. The van der Waals surface area contributed by atoms with Crippen LogP contribution >= 0.6 is 35.6 Å². The third-order valence-electron chi connectivity index (χ3n) is 6.98. The zero-order chi connectivity index (χ0) is 24.4. The van der Waals surface area contributed by atoms with Crippen molar-refractivity contribution in [3.8, 4) is 0 Å². The fourth-order valence-electron chi connectivity index (χ4n) is 5.01. The van der Waals surface area contributed by atoms with E-state index in [0.717, 1.165) is 85.2 Å². The quantitative estimate of drug-likeness (QED) is 0.303. The number of nitrogens with one attached hydrogen (secondary N) is 1. The summed E-state index contributed by atoms with van der Waals surface area (Å²) in [6, 6.07) is 11.3. The van der Waals surface area contributed by atoms with Crippen LogP contribution in [0.25, 0.3) is 21.9 Å². The summed E-state index contributed by atoms with van der Waals surface area (Å²) < 4.78 is 10.7. The Kier molecular flexibility index (Phi) is 8.78. The molecule has 0 unspecified atom stereocenters. The van der Waals surface area contributed by atoms with Crippen molar-refractivity contribution in [1.82, 2.24) is 20.5 Å². The summed E-state index contributed by atoms with van der Waals surface area (Å²) in [4.78, 5) is 13.2. The Hall–Kier alpha value is -2.32. The van der Waals surface area contributed by atoms with E-state index in [4.69, 9.17) is 32.2 Å². The normalized spacial score (nSPS) is 17.0. The molecule has 0 bridgehead atoms. The zero-order valence-electron chi connectivity index (χ0n) is 20.0. The van der Waals surface area contributed by atoms with Crippen LogP contribution in [0.3, 0.4) is 0 Å². The summed E-state index contributed by atoms with van der Waals surface area (Å²) in [5.41, 5.74) is 3.61. The SMILES string of the molecule is CC(=O)N1CCC(c2noc3cc(Cl)ccc23)CC1.Cl.Clc1ccc2c(C3CCNCC3)noc2c1. The number of hydrogen-bond acceptors (Lipinski definition) is 6. The lowest BCUT2D eigenvalue weighted by molar-refractivity contribution is -0.129. The highest BCUT2D eigenvalue weighted by Gasteiger charge is 2.26. The fraction of sp³-hybridized carbons (Fsp3) is 0.423. The average molecular weight is 552 g/mol. The van der Waals surface area contributed by atoms with Gasteiger partial charge in [-0.3, -0.25) is 4.79 Å². The van der Waals surface area contributed by atoms with Crippen LogP contribution < -0.4 is 5.32 Å². The molecule has 4 aromatic rings. The van der Waals surface area contributed by atoms with Crippen molar-refractivity contribution in [2.75, 3.05) is 26.2 Å². The van der Waals surface area contributed by atoms with Crippen LogP contribution in [0.2, 0.25) is 10.0 Å². The predicted octanol–water partition coefficient (Wildman–Crippen LogP) is 6.58. The maximum atomic E-state index is 11.3. The molecule has 1 N–H and O–H groups in total. The Bertz CT molecular complexity index is 1320. The Morgan fingerprint density at radius 1 is 0.861 bits per heavy atom. The number of piperidine rings is 2. The maximum Gasteiger partial charge on any atom is 0.219 e. The minimum atomic E-state index is 0. The van der Waals surface area contributed by atoms with Gasteiger partial charge in [0.05, 0.1) is 11.4 Å². The van der Waals surface area contributed by atoms with E-state index in [9.17, 15) is 4.79 Å². The van der Waals surface area contributed by atoms with Gasteiger partial charge in [0.2, 0.25) is 5.91 Å². The second-order valence-corrected chi connectivity index (χ2v) is 10.1. The minimum absolute atomic E-state index is 0. The van der Waals surface area contributed by atoms with Crippen LogP contribution in [-0.4, -0.2) is 47.3 Å². The van der Waals surface area contributed by atoms with Crippen LogP contribution in [-0.2, 0) is 4.79 Å². The van der Waals surface area contributed by atoms with Gasteiger partial charge in [-0.05, 0) is 63.0 Å². The minimum Gasteiger partial charge on any atom is -0.356 e. The van der Waals surface area contributed by atoms with Crippen LogP contribution in [0.4, 0.5) is 0 Å². The summed E-state index contributed by atoms with van der Waals surface area (Å²) in [5.74, 6) is 1.02. The molecule has 0 radical (unpaired) electrons. The number of likely N-dealkylation sites (tertiary alicyclic amines) is 1. The van der Waals surface area contributed by atoms with Crippen LogP contribution in [0.15, 0.2) is 45.4 Å². The molecule has 7 nitrogen and oxygen atoms in total. The lowest BCUT2D eigenvalue weighted by Gasteiger charge is -2.30. The summed E-state index contributed by atoms with van der Waals surface area (Å²) in [6.07, 6.45) is 4.13. The number of fused-ring (bicyclic) bond motifs is 2. The summed E-state index contributed by atoms with van der Waals surface area (Å²) in [7, 11) is 0. The molecule has 36 heavy (non-hydrogen) atoms. The molecule has 2 aliphatic rings. The largest absolute Gasteiger partial charge is 0.356 e. The molecule has 10 heteroatoms. The average Bonchev–Trinajstić information content (AvgIpc) is 3.48. The predicted molar refractivity (Wildman–Crippen MR) is 144 cm³/mol. The van der Waals surface area contributed by atoms with Crippen molar-refractivity contribution in [1.29, 1.82) is 0 Å². The molecule has 2 aliphatic heterocycles. The fourth-order valence-corrected chi connectivity index (χ4v) is 5.34. The van der Waals surface area contributed by atoms with E-state index in [1.165, 1.54) is 0 Å². The van der Waals surface area contributed by atoms with E-state index in [1.54, 1.807) is 13.0 Å². The van der Waals surface area contributed by atoms with Gasteiger partial charge < -0.3 is 19.3 Å². The number of amides is 1. The molecular formula is C26H29Cl3N4O3. The number of hydrogen-bond donors (Lipinski definition) is 1. The third kappa shape index (κ3) is 5.80. The number of nitrogens with zero attached hydrogens (tertiary/aromatic N) is 3. The van der Waals surface area contributed by atoms with Crippen molar-refractivity contribution >= 4 is 63.5 Å². The molecule has 0 atom stereocenters. The van der Waals surface area contributed by atoms with Gasteiger partial charge in [0.25, 0.3) is 0 Å². The molecule has 2 fully saturated rings. The van der Waals surface area contributed by atoms with Gasteiger partial charge >= 0.3 is 0 Å². The first-order chi connectivity index (χ1) is 17.0. The number of carbonyl (C=O) groups is 1. The third-order valence-corrected chi connectivity index (χ3v) is 7.45. The number of benzene rings is 2. The highest BCUT2D eigenvalue weighted by molar-refractivity contribution is 6.31. The summed E-state index contributed by atoms with van der Waals surface area (Å²) in [6.45, 7) is 5.33. The molecule has 6 rings (SSSR count). The molecule has 2 saturated heterocycles. The van der Waals surface area contributed by atoms with Crippen molar-refractivity contribution in [2.24, 2.45) is 0 Å². The first-order valence-corrected chi connectivity index (χ1v) is 12.8. The maximum absolute atomic E-state index is 11.3. The number of aromatic nitrogens is 2. The van der Waals surface area contributed by atoms with E-state index < -0.39 is 0 Å². The number of rotatable bonds is 2. The van der Waals surface area contributed by atoms with Gasteiger partial charge in [-0.25, -0.2) is 0 Å². The second kappa shape index (κ2) is 11.8. The van der Waals surface area contributed by atoms with E-state index >= 15 is 0 Å². The number of carbonyl (C=O) groups excluding carboxylic acids is 1. The molecule has 192 valence electrons. The van der Waals surface area contributed by atoms with Crippen molar-refractivity contribution < 1.29 is 13.8 Å². The van der Waals surface area contributed by atoms with Gasteiger partial charge in [0.1, 0.15) is 0 Å². The van der Waals surface area contributed by atoms with Crippen molar-refractivity contribution in [3.05, 3.63) is 57.8 Å². The molecule has 2 aromatic heterocycles. The van der Waals surface area contributed by atoms with E-state index in [1.807, 2.05) is 35.2 Å². The lowest BCUT2D eigenvalue weighted by atomic mass is 9.91. The van der Waals surface area contributed by atoms with Crippen molar-refractivity contribution in [2.45, 2.75) is 44.4 Å². The Morgan fingerprint density at radius 2 is 1.33 bits per heavy atom. The molecule has 4 heterocycles. The second-order valence-electron chi connectivity index (χ2n) is 9.22.